The second-order valence-corrected chi connectivity index (χ2v) is 14.6. The number of pyridine rings is 1. The summed E-state index contributed by atoms with van der Waals surface area (Å²) in [5, 5.41) is 16.0. The lowest BCUT2D eigenvalue weighted by atomic mass is 9.98. The molecule has 4 aliphatic rings. The number of benzene rings is 2. The molecule has 2 unspecified atom stereocenters. The number of carbonyl (C=O) groups is 3. The Kier molecular flexibility index (Phi) is 11.1. The van der Waals surface area contributed by atoms with Gasteiger partial charge in [0.15, 0.2) is 0 Å². The van der Waals surface area contributed by atoms with Crippen LogP contribution in [0, 0.1) is 5.82 Å². The maximum absolute atomic E-state index is 15.2. The lowest BCUT2D eigenvalue weighted by Crippen LogP contribution is -2.76. The highest BCUT2D eigenvalue weighted by atomic mass is 19.1. The van der Waals surface area contributed by atoms with Crippen LogP contribution >= 0.6 is 0 Å². The number of hydrogen-bond acceptors (Lipinski definition) is 9. The number of phenolic OH excluding ortho intramolecular Hbond substituents is 1. The maximum atomic E-state index is 15.2. The van der Waals surface area contributed by atoms with Crippen molar-refractivity contribution in [2.45, 2.75) is 57.6 Å². The summed E-state index contributed by atoms with van der Waals surface area (Å²) in [6, 6.07) is 18.5. The Morgan fingerprint density at radius 2 is 1.83 bits per heavy atom. The third kappa shape index (κ3) is 7.77. The number of nitrogens with one attached hydrogen (secondary N) is 1. The molecule has 14 heteroatoms. The molecule has 0 bridgehead atoms. The average molecular weight is 740 g/mol. The van der Waals surface area contributed by atoms with E-state index >= 15 is 4.39 Å². The van der Waals surface area contributed by atoms with Gasteiger partial charge in [0.1, 0.15) is 29.6 Å². The normalized spacial score (nSPS) is 23.0. The molecular formula is C40H50FN9O4. The van der Waals surface area contributed by atoms with Crippen molar-refractivity contribution >= 4 is 23.7 Å². The Balaban J connectivity index is 1.13. The van der Waals surface area contributed by atoms with E-state index in [-0.39, 0.29) is 62.3 Å². The number of amides is 4. The van der Waals surface area contributed by atoms with Crippen LogP contribution in [0.4, 0.5) is 15.0 Å². The molecule has 54 heavy (non-hydrogen) atoms. The van der Waals surface area contributed by atoms with Crippen LogP contribution in [0.5, 0.6) is 5.75 Å². The van der Waals surface area contributed by atoms with Gasteiger partial charge in [0.05, 0.1) is 25.3 Å². The first-order chi connectivity index (χ1) is 26.1. The summed E-state index contributed by atoms with van der Waals surface area (Å²) in [6.07, 6.45) is 0.592. The first-order valence-electron chi connectivity index (χ1n) is 18.9. The zero-order chi connectivity index (χ0) is 37.9. The van der Waals surface area contributed by atoms with Gasteiger partial charge in [-0.1, -0.05) is 55.5 Å². The molecule has 7 rings (SSSR count). The summed E-state index contributed by atoms with van der Waals surface area (Å²) in [5.41, 5.74) is 1.74. The van der Waals surface area contributed by atoms with Crippen LogP contribution < -0.4 is 10.2 Å². The number of aromatic nitrogens is 1. The molecular weight excluding hydrogens is 689 g/mol. The molecule has 4 aliphatic heterocycles. The molecule has 0 aliphatic carbocycles. The molecule has 5 heterocycles. The van der Waals surface area contributed by atoms with Crippen LogP contribution in [0.1, 0.15) is 30.7 Å². The van der Waals surface area contributed by atoms with E-state index < -0.39 is 24.1 Å². The van der Waals surface area contributed by atoms with E-state index in [1.165, 1.54) is 22.0 Å². The summed E-state index contributed by atoms with van der Waals surface area (Å²) < 4.78 is 15.2. The van der Waals surface area contributed by atoms with Gasteiger partial charge in [0.2, 0.25) is 11.8 Å². The Bertz CT molecular complexity index is 1840. The minimum atomic E-state index is -1.11. The Hall–Kier alpha value is -5.05. The van der Waals surface area contributed by atoms with E-state index in [4.69, 9.17) is 4.98 Å². The van der Waals surface area contributed by atoms with Crippen molar-refractivity contribution < 1.29 is 23.9 Å². The van der Waals surface area contributed by atoms with Crippen LogP contribution in [-0.2, 0) is 29.1 Å². The van der Waals surface area contributed by atoms with Gasteiger partial charge >= 0.3 is 6.03 Å². The molecule has 3 aromatic rings. The molecule has 1 aromatic heterocycles. The molecule has 4 fully saturated rings. The van der Waals surface area contributed by atoms with Gasteiger partial charge in [-0.05, 0) is 42.8 Å². The van der Waals surface area contributed by atoms with Crippen molar-refractivity contribution in [1.82, 2.24) is 39.9 Å². The minimum absolute atomic E-state index is 0.0190. The molecule has 3 atom stereocenters. The van der Waals surface area contributed by atoms with Crippen molar-refractivity contribution in [2.24, 2.45) is 0 Å². The summed E-state index contributed by atoms with van der Waals surface area (Å²) in [4.78, 5) is 57.8. The van der Waals surface area contributed by atoms with Gasteiger partial charge in [0.25, 0.3) is 0 Å². The number of hydrazine groups is 1. The van der Waals surface area contributed by atoms with Crippen molar-refractivity contribution in [3.05, 3.63) is 102 Å². The second kappa shape index (κ2) is 16.1. The van der Waals surface area contributed by atoms with E-state index in [0.29, 0.717) is 17.8 Å². The molecule has 2 aromatic carbocycles. The third-order valence-electron chi connectivity index (χ3n) is 11.2. The Morgan fingerprint density at radius 1 is 1.04 bits per heavy atom. The quantitative estimate of drug-likeness (QED) is 0.287. The average Bonchev–Trinajstić information content (AvgIpc) is 3.13. The zero-order valence-corrected chi connectivity index (χ0v) is 31.1. The first-order valence-corrected chi connectivity index (χ1v) is 18.9. The number of piperazine rings is 2. The topological polar surface area (TPSA) is 119 Å². The Morgan fingerprint density at radius 3 is 2.56 bits per heavy atom. The number of aromatic hydroxyl groups is 1. The number of carbonyl (C=O) groups excluding carboxylic acids is 3. The van der Waals surface area contributed by atoms with Crippen LogP contribution in [-0.4, -0.2) is 141 Å². The number of fused-ring (bicyclic) bond motifs is 1. The van der Waals surface area contributed by atoms with Crippen molar-refractivity contribution in [3.8, 4) is 5.75 Å². The SMILES string of the molecule is C=CCN1CC(=O)N2C(Cc3ccc(O)cc3F)C(=O)N(Cc3cccc(N4CC(N5CCN(CC)[C@H](C)C5)C4)n3)CC2N1C(=O)NCc1ccccc1. The second-order valence-electron chi connectivity index (χ2n) is 14.6. The molecule has 4 saturated heterocycles. The fraction of sp³-hybridized carbons (Fsp3) is 0.450. The predicted molar refractivity (Wildman–Crippen MR) is 202 cm³/mol. The number of halogens is 1. The van der Waals surface area contributed by atoms with Gasteiger partial charge in [-0.2, -0.15) is 0 Å². The highest BCUT2D eigenvalue weighted by Gasteiger charge is 2.51. The summed E-state index contributed by atoms with van der Waals surface area (Å²) in [7, 11) is 0. The van der Waals surface area contributed by atoms with E-state index in [9.17, 15) is 19.5 Å². The van der Waals surface area contributed by atoms with Gasteiger partial charge in [-0.15, -0.1) is 6.58 Å². The van der Waals surface area contributed by atoms with Crippen LogP contribution in [0.2, 0.25) is 0 Å². The summed E-state index contributed by atoms with van der Waals surface area (Å²) in [6.45, 7) is 14.8. The number of rotatable bonds is 11. The Labute approximate surface area is 316 Å². The van der Waals surface area contributed by atoms with Gasteiger partial charge in [-0.3, -0.25) is 19.4 Å². The lowest BCUT2D eigenvalue weighted by Gasteiger charge is -2.55. The van der Waals surface area contributed by atoms with Gasteiger partial charge < -0.3 is 25.1 Å². The van der Waals surface area contributed by atoms with Crippen molar-refractivity contribution in [1.29, 1.82) is 0 Å². The molecule has 0 saturated carbocycles. The van der Waals surface area contributed by atoms with Crippen LogP contribution in [0.15, 0.2) is 79.4 Å². The van der Waals surface area contributed by atoms with E-state index in [2.05, 4.69) is 40.4 Å². The summed E-state index contributed by atoms with van der Waals surface area (Å²) in [5.74, 6) is -0.816. The largest absolute Gasteiger partial charge is 0.508 e. The smallest absolute Gasteiger partial charge is 0.334 e. The van der Waals surface area contributed by atoms with Crippen molar-refractivity contribution in [3.63, 3.8) is 0 Å². The monoisotopic (exact) mass is 739 g/mol. The molecule has 0 spiro atoms. The highest BCUT2D eigenvalue weighted by Crippen LogP contribution is 2.31. The fourth-order valence-electron chi connectivity index (χ4n) is 8.23. The van der Waals surface area contributed by atoms with E-state index in [1.54, 1.807) is 16.0 Å². The third-order valence-corrected chi connectivity index (χ3v) is 11.2. The predicted octanol–water partition coefficient (Wildman–Crippen LogP) is 2.88. The highest BCUT2D eigenvalue weighted by molar-refractivity contribution is 5.91. The lowest BCUT2D eigenvalue weighted by molar-refractivity contribution is -0.189. The van der Waals surface area contributed by atoms with Gasteiger partial charge in [-0.25, -0.2) is 24.2 Å². The van der Waals surface area contributed by atoms with Crippen LogP contribution in [0.3, 0.4) is 0 Å². The minimum Gasteiger partial charge on any atom is -0.508 e. The fourth-order valence-corrected chi connectivity index (χ4v) is 8.23. The number of phenols is 1. The number of likely N-dealkylation sites (N-methyl/N-ethyl adjacent to an activating group) is 1. The van der Waals surface area contributed by atoms with E-state index in [0.717, 1.165) is 56.7 Å². The van der Waals surface area contributed by atoms with Crippen LogP contribution in [0.25, 0.3) is 0 Å². The molecule has 286 valence electrons. The number of hydrogen-bond donors (Lipinski definition) is 2. The standard InChI is InChI=1S/C40H50FN9O4/c1-4-16-48-27-38(52)49-35(19-30-14-15-33(51)20-34(30)41)39(53)47(26-37(49)50(48)40(54)42-21-29-10-7-6-8-11-29)23-31-12-9-13-36(43-31)46-24-32(25-46)45-18-17-44(5-2)28(3)22-45/h4,6-15,20,28,32,35,37,51H,1,5,16-19,21-27H2,2-3H3,(H,42,54)/t28-,35?,37?/m1/s1. The number of anilines is 1. The maximum Gasteiger partial charge on any atom is 0.334 e. The molecule has 2 N–H and O–H groups in total. The zero-order valence-electron chi connectivity index (χ0n) is 31.1. The van der Waals surface area contributed by atoms with Gasteiger partial charge in [0, 0.05) is 70.4 Å². The molecule has 4 amide bonds. The molecule has 0 radical (unpaired) electrons. The summed E-state index contributed by atoms with van der Waals surface area (Å²) >= 11 is 0. The number of urea groups is 1. The number of nitrogens with zero attached hydrogens (tertiary/aromatic N) is 8. The van der Waals surface area contributed by atoms with E-state index in [1.807, 2.05) is 48.5 Å². The molecule has 13 nitrogen and oxygen atoms in total. The first kappa shape index (κ1) is 37.3. The van der Waals surface area contributed by atoms with Crippen molar-refractivity contribution in [2.75, 3.05) is 63.8 Å².